The van der Waals surface area contributed by atoms with Gasteiger partial charge in [-0.15, -0.1) is 0 Å². The minimum absolute atomic E-state index is 0.224. The minimum atomic E-state index is 0.224. The lowest BCUT2D eigenvalue weighted by Crippen LogP contribution is -2.44. The van der Waals surface area contributed by atoms with Crippen LogP contribution in [0.15, 0.2) is 12.1 Å². The number of aryl methyl sites for hydroxylation is 3. The van der Waals surface area contributed by atoms with Gasteiger partial charge >= 0.3 is 0 Å². The topological polar surface area (TPSA) is 46.3 Å². The Kier molecular flexibility index (Phi) is 4.38. The van der Waals surface area contributed by atoms with Crippen molar-refractivity contribution in [1.29, 1.82) is 0 Å². The fraction of sp³-hybridized carbons (Fsp3) is 0.562. The molecule has 2 rings (SSSR count). The lowest BCUT2D eigenvalue weighted by atomic mass is 9.96. The summed E-state index contributed by atoms with van der Waals surface area (Å²) >= 11 is 0. The number of piperidine rings is 1. The van der Waals surface area contributed by atoms with Crippen molar-refractivity contribution in [1.82, 2.24) is 4.90 Å². The van der Waals surface area contributed by atoms with E-state index in [0.29, 0.717) is 6.54 Å². The van der Waals surface area contributed by atoms with Crippen molar-refractivity contribution < 1.29 is 4.79 Å². The van der Waals surface area contributed by atoms with Crippen molar-refractivity contribution in [3.05, 3.63) is 34.4 Å². The number of benzene rings is 1. The van der Waals surface area contributed by atoms with Crippen molar-refractivity contribution >= 4 is 5.78 Å². The van der Waals surface area contributed by atoms with Crippen molar-refractivity contribution in [2.24, 2.45) is 5.73 Å². The van der Waals surface area contributed by atoms with E-state index >= 15 is 0 Å². The van der Waals surface area contributed by atoms with Crippen molar-refractivity contribution in [2.75, 3.05) is 19.6 Å². The van der Waals surface area contributed by atoms with Crippen molar-refractivity contribution in [2.45, 2.75) is 39.7 Å². The second-order valence-corrected chi connectivity index (χ2v) is 5.83. The minimum Gasteiger partial charge on any atom is -0.327 e. The highest BCUT2D eigenvalue weighted by atomic mass is 16.1. The molecule has 1 aromatic carbocycles. The maximum Gasteiger partial charge on any atom is 0.177 e. The highest BCUT2D eigenvalue weighted by Crippen LogP contribution is 2.18. The lowest BCUT2D eigenvalue weighted by Gasteiger charge is -2.30. The average Bonchev–Trinajstić information content (AvgIpc) is 2.27. The summed E-state index contributed by atoms with van der Waals surface area (Å²) in [6, 6.07) is 4.39. The van der Waals surface area contributed by atoms with Crippen LogP contribution in [-0.4, -0.2) is 36.4 Å². The summed E-state index contributed by atoms with van der Waals surface area (Å²) in [5.41, 5.74) is 10.2. The molecular formula is C16H24N2O. The molecule has 1 aromatic rings. The molecule has 0 spiro atoms. The van der Waals surface area contributed by atoms with Crippen molar-refractivity contribution in [3.8, 4) is 0 Å². The Morgan fingerprint density at radius 3 is 2.53 bits per heavy atom. The molecular weight excluding hydrogens is 236 g/mol. The van der Waals surface area contributed by atoms with Crippen LogP contribution in [0.5, 0.6) is 0 Å². The van der Waals surface area contributed by atoms with Crippen LogP contribution in [0, 0.1) is 20.8 Å². The van der Waals surface area contributed by atoms with Gasteiger partial charge in [-0.05, 0) is 51.3 Å². The number of hydrogen-bond acceptors (Lipinski definition) is 3. The van der Waals surface area contributed by atoms with Gasteiger partial charge in [0, 0.05) is 18.2 Å². The molecule has 104 valence electrons. The predicted molar refractivity (Wildman–Crippen MR) is 78.6 cm³/mol. The zero-order valence-corrected chi connectivity index (χ0v) is 12.2. The molecule has 0 radical (unpaired) electrons. The summed E-state index contributed by atoms with van der Waals surface area (Å²) in [5, 5.41) is 0. The van der Waals surface area contributed by atoms with Crippen LogP contribution in [0.4, 0.5) is 0 Å². The number of rotatable bonds is 3. The standard InChI is InChI=1S/C16H24N2O/c1-11-7-12(2)16(13(3)8-11)15(19)10-18-6-4-5-14(17)9-18/h7-8,14H,4-6,9-10,17H2,1-3H3. The summed E-state index contributed by atoms with van der Waals surface area (Å²) in [7, 11) is 0. The van der Waals surface area contributed by atoms with Crippen LogP contribution in [0.1, 0.15) is 39.9 Å². The molecule has 1 fully saturated rings. The Morgan fingerprint density at radius 2 is 1.95 bits per heavy atom. The van der Waals surface area contributed by atoms with E-state index in [4.69, 9.17) is 5.73 Å². The van der Waals surface area contributed by atoms with Gasteiger partial charge in [0.05, 0.1) is 6.54 Å². The van der Waals surface area contributed by atoms with Gasteiger partial charge in [0.1, 0.15) is 0 Å². The van der Waals surface area contributed by atoms with Crippen LogP contribution in [0.3, 0.4) is 0 Å². The van der Waals surface area contributed by atoms with E-state index < -0.39 is 0 Å². The summed E-state index contributed by atoms with van der Waals surface area (Å²) < 4.78 is 0. The van der Waals surface area contributed by atoms with Gasteiger partial charge in [0.15, 0.2) is 5.78 Å². The average molecular weight is 260 g/mol. The number of carbonyl (C=O) groups is 1. The zero-order valence-electron chi connectivity index (χ0n) is 12.2. The molecule has 3 nitrogen and oxygen atoms in total. The monoisotopic (exact) mass is 260 g/mol. The van der Waals surface area contributed by atoms with Crippen LogP contribution >= 0.6 is 0 Å². The number of ketones is 1. The van der Waals surface area contributed by atoms with E-state index in [0.717, 1.165) is 42.6 Å². The molecule has 0 aromatic heterocycles. The molecule has 3 heteroatoms. The summed E-state index contributed by atoms with van der Waals surface area (Å²) in [4.78, 5) is 14.7. The van der Waals surface area contributed by atoms with Crippen LogP contribution in [0.25, 0.3) is 0 Å². The Labute approximate surface area is 115 Å². The molecule has 1 aliphatic rings. The number of Topliss-reactive ketones (excluding diaryl/α,β-unsaturated/α-hetero) is 1. The van der Waals surface area contributed by atoms with Crippen LogP contribution < -0.4 is 5.73 Å². The molecule has 19 heavy (non-hydrogen) atoms. The molecule has 1 unspecified atom stereocenters. The SMILES string of the molecule is Cc1cc(C)c(C(=O)CN2CCCC(N)C2)c(C)c1. The number of likely N-dealkylation sites (tertiary alicyclic amines) is 1. The van der Waals surface area contributed by atoms with Gasteiger partial charge in [0.25, 0.3) is 0 Å². The summed E-state index contributed by atoms with van der Waals surface area (Å²) in [5.74, 6) is 0.226. The Balaban J connectivity index is 2.12. The maximum atomic E-state index is 12.5. The van der Waals surface area contributed by atoms with E-state index in [1.54, 1.807) is 0 Å². The number of carbonyl (C=O) groups excluding carboxylic acids is 1. The summed E-state index contributed by atoms with van der Waals surface area (Å²) in [6.45, 7) is 8.44. The quantitative estimate of drug-likeness (QED) is 0.848. The first kappa shape index (κ1) is 14.2. The molecule has 2 N–H and O–H groups in total. The van der Waals surface area contributed by atoms with Gasteiger partial charge in [-0.25, -0.2) is 0 Å². The molecule has 0 saturated carbocycles. The predicted octanol–water partition coefficient (Wildman–Crippen LogP) is 2.22. The highest BCUT2D eigenvalue weighted by Gasteiger charge is 2.21. The largest absolute Gasteiger partial charge is 0.327 e. The van der Waals surface area contributed by atoms with Gasteiger partial charge in [-0.3, -0.25) is 9.69 Å². The normalized spacial score (nSPS) is 20.5. The number of nitrogens with zero attached hydrogens (tertiary/aromatic N) is 1. The first-order valence-corrected chi connectivity index (χ1v) is 7.06. The van der Waals surface area contributed by atoms with E-state index in [1.807, 2.05) is 13.8 Å². The molecule has 1 aliphatic heterocycles. The molecule has 1 atom stereocenters. The second kappa shape index (κ2) is 5.85. The Morgan fingerprint density at radius 1 is 1.32 bits per heavy atom. The Bertz CT molecular complexity index is 459. The molecule has 0 amide bonds. The molecule has 1 heterocycles. The van der Waals surface area contributed by atoms with Gasteiger partial charge in [-0.1, -0.05) is 17.7 Å². The fourth-order valence-corrected chi connectivity index (χ4v) is 3.14. The van der Waals surface area contributed by atoms with Crippen LogP contribution in [0.2, 0.25) is 0 Å². The molecule has 1 saturated heterocycles. The smallest absolute Gasteiger partial charge is 0.177 e. The Hall–Kier alpha value is -1.19. The van der Waals surface area contributed by atoms with E-state index in [-0.39, 0.29) is 11.8 Å². The number of nitrogens with two attached hydrogens (primary N) is 1. The molecule has 0 bridgehead atoms. The molecule has 0 aliphatic carbocycles. The summed E-state index contributed by atoms with van der Waals surface area (Å²) in [6.07, 6.45) is 2.17. The third-order valence-electron chi connectivity index (χ3n) is 3.87. The van der Waals surface area contributed by atoms with Gasteiger partial charge < -0.3 is 5.73 Å². The van der Waals surface area contributed by atoms with E-state index in [1.165, 1.54) is 5.56 Å². The second-order valence-electron chi connectivity index (χ2n) is 5.83. The fourth-order valence-electron chi connectivity index (χ4n) is 3.14. The van der Waals surface area contributed by atoms with Gasteiger partial charge in [-0.2, -0.15) is 0 Å². The zero-order chi connectivity index (χ0) is 14.0. The van der Waals surface area contributed by atoms with E-state index in [2.05, 4.69) is 24.0 Å². The first-order chi connectivity index (χ1) is 8.97. The highest BCUT2D eigenvalue weighted by molar-refractivity contribution is 6.00. The maximum absolute atomic E-state index is 12.5. The first-order valence-electron chi connectivity index (χ1n) is 7.06. The number of hydrogen-bond donors (Lipinski definition) is 1. The van der Waals surface area contributed by atoms with Crippen molar-refractivity contribution in [3.63, 3.8) is 0 Å². The van der Waals surface area contributed by atoms with Gasteiger partial charge in [0.2, 0.25) is 0 Å². The third-order valence-corrected chi connectivity index (χ3v) is 3.87. The van der Waals surface area contributed by atoms with E-state index in [9.17, 15) is 4.79 Å². The van der Waals surface area contributed by atoms with Crippen LogP contribution in [-0.2, 0) is 0 Å². The third kappa shape index (κ3) is 3.43. The lowest BCUT2D eigenvalue weighted by molar-refractivity contribution is 0.0907.